The Kier molecular flexibility index (Phi) is 3.65. The third kappa shape index (κ3) is 2.26. The van der Waals surface area contributed by atoms with E-state index in [9.17, 15) is 0 Å². The van der Waals surface area contributed by atoms with E-state index in [0.29, 0.717) is 5.46 Å². The van der Waals surface area contributed by atoms with E-state index in [2.05, 4.69) is 66.7 Å². The average molecular weight is 344 g/mol. The quantitative estimate of drug-likeness (QED) is 0.411. The van der Waals surface area contributed by atoms with Crippen molar-refractivity contribution in [1.29, 1.82) is 0 Å². The smallest absolute Gasteiger partial charge is 0.132 e. The highest BCUT2D eigenvalue weighted by Crippen LogP contribution is 2.54. The van der Waals surface area contributed by atoms with Crippen LogP contribution >= 0.6 is 0 Å². The van der Waals surface area contributed by atoms with Crippen molar-refractivity contribution in [2.75, 3.05) is 0 Å². The van der Waals surface area contributed by atoms with Gasteiger partial charge < -0.3 is 4.74 Å². The molecule has 1 nitrogen and oxygen atoms in total. The summed E-state index contributed by atoms with van der Waals surface area (Å²) in [5, 5.41) is 0. The number of para-hydroxylation sites is 2. The molecule has 27 heavy (non-hydrogen) atoms. The van der Waals surface area contributed by atoms with Gasteiger partial charge in [0.05, 0.1) is 5.41 Å². The SMILES string of the molecule is [B]c1cccc2c1Oc1ccccc1C2(c1ccccc1)c1ccccc1. The fourth-order valence-electron chi connectivity index (χ4n) is 4.25. The highest BCUT2D eigenvalue weighted by molar-refractivity contribution is 6.34. The standard InChI is InChI=1S/C25H17BO/c26-22-16-9-15-21-24(22)27-23-17-8-7-14-20(23)25(21,18-10-3-1-4-11-18)19-12-5-2-6-13-19/h1-17H. The zero-order chi connectivity index (χ0) is 18.3. The van der Waals surface area contributed by atoms with Crippen LogP contribution in [0.3, 0.4) is 0 Å². The highest BCUT2D eigenvalue weighted by atomic mass is 16.5. The molecule has 0 fully saturated rings. The molecule has 1 aliphatic heterocycles. The molecule has 0 aliphatic carbocycles. The van der Waals surface area contributed by atoms with Crippen LogP contribution in [0.1, 0.15) is 22.3 Å². The summed E-state index contributed by atoms with van der Waals surface area (Å²) in [6.07, 6.45) is 0. The predicted molar refractivity (Wildman–Crippen MR) is 110 cm³/mol. The largest absolute Gasteiger partial charge is 0.457 e. The molecular weight excluding hydrogens is 327 g/mol. The predicted octanol–water partition coefficient (Wildman–Crippen LogP) is 4.97. The summed E-state index contributed by atoms with van der Waals surface area (Å²) < 4.78 is 6.28. The second-order valence-corrected chi connectivity index (χ2v) is 6.80. The number of hydrogen-bond donors (Lipinski definition) is 0. The number of hydrogen-bond acceptors (Lipinski definition) is 1. The van der Waals surface area contributed by atoms with Crippen LogP contribution < -0.4 is 10.2 Å². The number of rotatable bonds is 2. The number of fused-ring (bicyclic) bond motifs is 2. The molecule has 0 unspecified atom stereocenters. The molecule has 0 bridgehead atoms. The topological polar surface area (TPSA) is 9.23 Å². The van der Waals surface area contributed by atoms with Crippen LogP contribution in [0.25, 0.3) is 0 Å². The molecule has 2 radical (unpaired) electrons. The van der Waals surface area contributed by atoms with Crippen molar-refractivity contribution in [2.45, 2.75) is 5.41 Å². The Balaban J connectivity index is 1.99. The Morgan fingerprint density at radius 2 is 1.11 bits per heavy atom. The molecule has 1 heterocycles. The lowest BCUT2D eigenvalue weighted by Crippen LogP contribution is -2.35. The molecule has 4 aromatic carbocycles. The Hall–Kier alpha value is -3.26. The molecule has 0 spiro atoms. The van der Waals surface area contributed by atoms with Crippen LogP contribution in [0, 0.1) is 0 Å². The second kappa shape index (κ2) is 6.17. The average Bonchev–Trinajstić information content (AvgIpc) is 2.74. The Morgan fingerprint density at radius 3 is 1.78 bits per heavy atom. The summed E-state index contributed by atoms with van der Waals surface area (Å²) in [6.45, 7) is 0. The van der Waals surface area contributed by atoms with Crippen molar-refractivity contribution in [3.8, 4) is 11.5 Å². The van der Waals surface area contributed by atoms with Crippen molar-refractivity contribution in [2.24, 2.45) is 0 Å². The summed E-state index contributed by atoms with van der Waals surface area (Å²) in [4.78, 5) is 0. The highest BCUT2D eigenvalue weighted by Gasteiger charge is 2.45. The fraction of sp³-hybridized carbons (Fsp3) is 0.0400. The first-order valence-corrected chi connectivity index (χ1v) is 9.09. The lowest BCUT2D eigenvalue weighted by molar-refractivity contribution is 0.438. The molecule has 0 atom stereocenters. The van der Waals surface area contributed by atoms with Gasteiger partial charge in [-0.2, -0.15) is 0 Å². The van der Waals surface area contributed by atoms with E-state index in [1.165, 1.54) is 11.1 Å². The molecule has 5 rings (SSSR count). The van der Waals surface area contributed by atoms with Crippen LogP contribution in [0.2, 0.25) is 0 Å². The van der Waals surface area contributed by atoms with Crippen LogP contribution in [0.15, 0.2) is 103 Å². The zero-order valence-corrected chi connectivity index (χ0v) is 14.8. The van der Waals surface area contributed by atoms with E-state index in [1.807, 2.05) is 36.4 Å². The lowest BCUT2D eigenvalue weighted by atomic mass is 9.63. The van der Waals surface area contributed by atoms with Crippen LogP contribution in [0.4, 0.5) is 0 Å². The molecule has 0 aromatic heterocycles. The first kappa shape index (κ1) is 16.0. The Bertz CT molecular complexity index is 1060. The zero-order valence-electron chi connectivity index (χ0n) is 14.8. The monoisotopic (exact) mass is 344 g/mol. The first-order chi connectivity index (χ1) is 13.3. The molecule has 126 valence electrons. The van der Waals surface area contributed by atoms with Gasteiger partial charge >= 0.3 is 0 Å². The van der Waals surface area contributed by atoms with Crippen molar-refractivity contribution in [1.82, 2.24) is 0 Å². The van der Waals surface area contributed by atoms with Gasteiger partial charge in [-0.25, -0.2) is 0 Å². The van der Waals surface area contributed by atoms with Gasteiger partial charge in [-0.1, -0.05) is 103 Å². The van der Waals surface area contributed by atoms with Gasteiger partial charge in [0, 0.05) is 11.1 Å². The summed E-state index contributed by atoms with van der Waals surface area (Å²) in [5.74, 6) is 1.58. The normalized spacial score (nSPS) is 13.9. The maximum absolute atomic E-state index is 6.35. The summed E-state index contributed by atoms with van der Waals surface area (Å²) in [6, 6.07) is 35.5. The van der Waals surface area contributed by atoms with Crippen LogP contribution in [0.5, 0.6) is 11.5 Å². The lowest BCUT2D eigenvalue weighted by Gasteiger charge is -2.42. The van der Waals surface area contributed by atoms with Gasteiger partial charge in [0.1, 0.15) is 19.3 Å². The minimum Gasteiger partial charge on any atom is -0.457 e. The van der Waals surface area contributed by atoms with Crippen LogP contribution in [-0.2, 0) is 5.41 Å². The van der Waals surface area contributed by atoms with Gasteiger partial charge in [0.25, 0.3) is 0 Å². The third-order valence-electron chi connectivity index (χ3n) is 5.37. The Morgan fingerprint density at radius 1 is 0.556 bits per heavy atom. The van der Waals surface area contributed by atoms with Crippen molar-refractivity contribution in [3.05, 3.63) is 125 Å². The minimum absolute atomic E-state index is 0.484. The van der Waals surface area contributed by atoms with Gasteiger partial charge in [0.2, 0.25) is 0 Å². The number of ether oxygens (including phenoxy) is 1. The van der Waals surface area contributed by atoms with E-state index in [1.54, 1.807) is 0 Å². The number of benzene rings is 4. The molecule has 2 heteroatoms. The van der Waals surface area contributed by atoms with Gasteiger partial charge in [-0.3, -0.25) is 0 Å². The molecule has 0 amide bonds. The fourth-order valence-corrected chi connectivity index (χ4v) is 4.25. The van der Waals surface area contributed by atoms with E-state index in [-0.39, 0.29) is 0 Å². The maximum Gasteiger partial charge on any atom is 0.132 e. The van der Waals surface area contributed by atoms with Gasteiger partial charge in [-0.05, 0) is 17.2 Å². The second-order valence-electron chi connectivity index (χ2n) is 6.80. The van der Waals surface area contributed by atoms with E-state index >= 15 is 0 Å². The maximum atomic E-state index is 6.35. The van der Waals surface area contributed by atoms with Crippen molar-refractivity contribution >= 4 is 13.3 Å². The van der Waals surface area contributed by atoms with Gasteiger partial charge in [0.15, 0.2) is 0 Å². The third-order valence-corrected chi connectivity index (χ3v) is 5.37. The minimum atomic E-state index is -0.484. The van der Waals surface area contributed by atoms with E-state index in [4.69, 9.17) is 12.6 Å². The first-order valence-electron chi connectivity index (χ1n) is 9.09. The van der Waals surface area contributed by atoms with Gasteiger partial charge in [-0.15, -0.1) is 0 Å². The summed E-state index contributed by atoms with van der Waals surface area (Å²) in [5.41, 5.74) is 4.75. The molecule has 4 aromatic rings. The molecule has 1 aliphatic rings. The van der Waals surface area contributed by atoms with E-state index in [0.717, 1.165) is 22.6 Å². The van der Waals surface area contributed by atoms with Crippen LogP contribution in [-0.4, -0.2) is 7.85 Å². The molecule has 0 saturated carbocycles. The van der Waals surface area contributed by atoms with Crippen molar-refractivity contribution in [3.63, 3.8) is 0 Å². The molecule has 0 saturated heterocycles. The Labute approximate surface area is 160 Å². The van der Waals surface area contributed by atoms with E-state index < -0.39 is 5.41 Å². The van der Waals surface area contributed by atoms with Crippen molar-refractivity contribution < 1.29 is 4.74 Å². The molecule has 0 N–H and O–H groups in total. The molecular formula is C25H17BO. The summed E-state index contributed by atoms with van der Waals surface area (Å²) >= 11 is 0. The summed E-state index contributed by atoms with van der Waals surface area (Å²) in [7, 11) is 6.35.